The molecule has 1 aliphatic rings. The van der Waals surface area contributed by atoms with E-state index in [1.165, 1.54) is 12.0 Å². The van der Waals surface area contributed by atoms with Gasteiger partial charge in [-0.1, -0.05) is 18.7 Å². The van der Waals surface area contributed by atoms with Gasteiger partial charge in [-0.2, -0.15) is 0 Å². The van der Waals surface area contributed by atoms with Crippen molar-refractivity contribution in [1.82, 2.24) is 5.32 Å². The van der Waals surface area contributed by atoms with Crippen molar-refractivity contribution in [2.75, 3.05) is 26.9 Å². The molecule has 0 aliphatic carbocycles. The van der Waals surface area contributed by atoms with Crippen molar-refractivity contribution in [3.8, 4) is 11.5 Å². The van der Waals surface area contributed by atoms with E-state index in [1.807, 2.05) is 18.2 Å². The van der Waals surface area contributed by atoms with Crippen molar-refractivity contribution in [1.29, 1.82) is 0 Å². The van der Waals surface area contributed by atoms with E-state index in [4.69, 9.17) is 14.2 Å². The Morgan fingerprint density at radius 3 is 2.95 bits per heavy atom. The second-order valence-electron chi connectivity index (χ2n) is 4.85. The molecule has 1 atom stereocenters. The number of ether oxygens (including phenoxy) is 3. The molecule has 1 fully saturated rings. The van der Waals surface area contributed by atoms with E-state index in [0.717, 1.165) is 37.6 Å². The fourth-order valence-electron chi connectivity index (χ4n) is 2.27. The van der Waals surface area contributed by atoms with Crippen LogP contribution in [0.3, 0.4) is 0 Å². The number of methoxy groups -OCH3 is 1. The van der Waals surface area contributed by atoms with Gasteiger partial charge >= 0.3 is 0 Å². The van der Waals surface area contributed by atoms with Crippen molar-refractivity contribution in [3.05, 3.63) is 36.4 Å². The zero-order valence-corrected chi connectivity index (χ0v) is 13.2. The Balaban J connectivity index is 0.00000220. The molecular formula is C16H23ClNO3-. The Morgan fingerprint density at radius 2 is 2.29 bits per heavy atom. The zero-order chi connectivity index (χ0) is 14.2. The molecule has 1 aromatic rings. The van der Waals surface area contributed by atoms with Crippen LogP contribution in [0.1, 0.15) is 18.4 Å². The van der Waals surface area contributed by atoms with Crippen LogP contribution < -0.4 is 27.2 Å². The van der Waals surface area contributed by atoms with E-state index in [2.05, 4.69) is 11.9 Å². The second kappa shape index (κ2) is 9.66. The van der Waals surface area contributed by atoms with Crippen molar-refractivity contribution < 1.29 is 26.6 Å². The highest BCUT2D eigenvalue weighted by molar-refractivity contribution is 5.43. The standard InChI is InChI=1S/C16H23NO3.ClH/c1-3-8-20-15-7-6-13(10-16(15)18-2)11-17-12-14-5-4-9-19-14;/h3,6-7,10,14,17H,1,4-5,8-9,11-12H2,2H3;1H/p-1. The van der Waals surface area contributed by atoms with Gasteiger partial charge in [-0.05, 0) is 30.5 Å². The van der Waals surface area contributed by atoms with Crippen molar-refractivity contribution in [3.63, 3.8) is 0 Å². The molecule has 1 heterocycles. The Kier molecular flexibility index (Phi) is 8.20. The summed E-state index contributed by atoms with van der Waals surface area (Å²) in [5.41, 5.74) is 1.17. The van der Waals surface area contributed by atoms with Gasteiger partial charge in [0.1, 0.15) is 6.61 Å². The normalized spacial score (nSPS) is 17.1. The molecular weight excluding hydrogens is 290 g/mol. The summed E-state index contributed by atoms with van der Waals surface area (Å²) in [6, 6.07) is 5.98. The summed E-state index contributed by atoms with van der Waals surface area (Å²) < 4.78 is 16.5. The van der Waals surface area contributed by atoms with Gasteiger partial charge in [0, 0.05) is 19.7 Å². The monoisotopic (exact) mass is 312 g/mol. The molecule has 0 amide bonds. The molecule has 1 unspecified atom stereocenters. The lowest BCUT2D eigenvalue weighted by molar-refractivity contribution is -0.00000606. The first-order valence-corrected chi connectivity index (χ1v) is 7.06. The third-order valence-corrected chi connectivity index (χ3v) is 3.31. The lowest BCUT2D eigenvalue weighted by Gasteiger charge is -2.13. The molecule has 4 nitrogen and oxygen atoms in total. The SMILES string of the molecule is C=CCOc1ccc(CNCC2CCCO2)cc1OC.[Cl-]. The van der Waals surface area contributed by atoms with Gasteiger partial charge in [0.05, 0.1) is 13.2 Å². The molecule has 1 aromatic carbocycles. The highest BCUT2D eigenvalue weighted by Gasteiger charge is 2.14. The summed E-state index contributed by atoms with van der Waals surface area (Å²) >= 11 is 0. The lowest BCUT2D eigenvalue weighted by Crippen LogP contribution is -3.00. The van der Waals surface area contributed by atoms with Gasteiger partial charge in [-0.25, -0.2) is 0 Å². The summed E-state index contributed by atoms with van der Waals surface area (Å²) in [5, 5.41) is 3.42. The van der Waals surface area contributed by atoms with Crippen LogP contribution in [0.2, 0.25) is 0 Å². The molecule has 118 valence electrons. The molecule has 0 radical (unpaired) electrons. The first-order valence-electron chi connectivity index (χ1n) is 7.06. The van der Waals surface area contributed by atoms with Crippen molar-refractivity contribution in [2.24, 2.45) is 0 Å². The van der Waals surface area contributed by atoms with Gasteiger partial charge in [-0.3, -0.25) is 0 Å². The molecule has 5 heteroatoms. The largest absolute Gasteiger partial charge is 1.00 e. The fourth-order valence-corrected chi connectivity index (χ4v) is 2.27. The van der Waals surface area contributed by atoms with Crippen LogP contribution in [-0.2, 0) is 11.3 Å². The van der Waals surface area contributed by atoms with Crippen molar-refractivity contribution in [2.45, 2.75) is 25.5 Å². The smallest absolute Gasteiger partial charge is 0.161 e. The van der Waals surface area contributed by atoms with Crippen molar-refractivity contribution >= 4 is 0 Å². The van der Waals surface area contributed by atoms with Gasteiger partial charge in [0.15, 0.2) is 11.5 Å². The van der Waals surface area contributed by atoms with Gasteiger partial charge < -0.3 is 31.9 Å². The molecule has 0 spiro atoms. The summed E-state index contributed by atoms with van der Waals surface area (Å²) in [4.78, 5) is 0. The topological polar surface area (TPSA) is 39.7 Å². The number of halogens is 1. The minimum absolute atomic E-state index is 0. The van der Waals surface area contributed by atoms with E-state index >= 15 is 0 Å². The van der Waals surface area contributed by atoms with E-state index in [-0.39, 0.29) is 12.4 Å². The van der Waals surface area contributed by atoms with Crippen LogP contribution in [0.25, 0.3) is 0 Å². The summed E-state index contributed by atoms with van der Waals surface area (Å²) in [6.07, 6.45) is 4.42. The molecule has 0 aromatic heterocycles. The molecule has 1 aliphatic heterocycles. The Labute approximate surface area is 132 Å². The molecule has 0 bridgehead atoms. The van der Waals surface area contributed by atoms with E-state index in [9.17, 15) is 0 Å². The minimum Gasteiger partial charge on any atom is -1.00 e. The van der Waals surface area contributed by atoms with Gasteiger partial charge in [0.2, 0.25) is 0 Å². The quantitative estimate of drug-likeness (QED) is 0.659. The highest BCUT2D eigenvalue weighted by Crippen LogP contribution is 2.28. The summed E-state index contributed by atoms with van der Waals surface area (Å²) in [7, 11) is 1.65. The van der Waals surface area contributed by atoms with Crippen LogP contribution in [0, 0.1) is 0 Å². The van der Waals surface area contributed by atoms with Gasteiger partial charge in [-0.15, -0.1) is 0 Å². The lowest BCUT2D eigenvalue weighted by atomic mass is 10.2. The molecule has 1 N–H and O–H groups in total. The first kappa shape index (κ1) is 17.8. The first-order chi connectivity index (χ1) is 9.83. The summed E-state index contributed by atoms with van der Waals surface area (Å²) in [6.45, 7) is 6.72. The number of hydrogen-bond donors (Lipinski definition) is 1. The fraction of sp³-hybridized carbons (Fsp3) is 0.500. The number of benzene rings is 1. The number of hydrogen-bond acceptors (Lipinski definition) is 4. The van der Waals surface area contributed by atoms with E-state index < -0.39 is 0 Å². The van der Waals surface area contributed by atoms with E-state index in [1.54, 1.807) is 13.2 Å². The molecule has 1 saturated heterocycles. The average Bonchev–Trinajstić information content (AvgIpc) is 2.99. The van der Waals surface area contributed by atoms with Gasteiger partial charge in [0.25, 0.3) is 0 Å². The van der Waals surface area contributed by atoms with Crippen LogP contribution in [-0.4, -0.2) is 33.0 Å². The molecule has 21 heavy (non-hydrogen) atoms. The predicted octanol–water partition coefficient (Wildman–Crippen LogP) is -0.467. The third kappa shape index (κ3) is 5.58. The number of rotatable bonds is 8. The third-order valence-electron chi connectivity index (χ3n) is 3.31. The maximum absolute atomic E-state index is 5.58. The minimum atomic E-state index is 0. The Bertz CT molecular complexity index is 434. The van der Waals surface area contributed by atoms with Crippen LogP contribution in [0.4, 0.5) is 0 Å². The maximum Gasteiger partial charge on any atom is 0.161 e. The Hall–Kier alpha value is -1.23. The number of nitrogens with one attached hydrogen (secondary N) is 1. The van der Waals surface area contributed by atoms with Crippen LogP contribution in [0.15, 0.2) is 30.9 Å². The van der Waals surface area contributed by atoms with Crippen LogP contribution >= 0.6 is 0 Å². The van der Waals surface area contributed by atoms with E-state index in [0.29, 0.717) is 12.7 Å². The Morgan fingerprint density at radius 1 is 1.43 bits per heavy atom. The average molecular weight is 313 g/mol. The van der Waals surface area contributed by atoms with Crippen LogP contribution in [0.5, 0.6) is 11.5 Å². The molecule has 0 saturated carbocycles. The zero-order valence-electron chi connectivity index (χ0n) is 12.4. The summed E-state index contributed by atoms with van der Waals surface area (Å²) in [5.74, 6) is 1.50. The molecule has 2 rings (SSSR count). The second-order valence-corrected chi connectivity index (χ2v) is 4.85. The predicted molar refractivity (Wildman–Crippen MR) is 79.4 cm³/mol. The maximum atomic E-state index is 5.58. The highest BCUT2D eigenvalue weighted by atomic mass is 35.5.